The molecule has 7 heteroatoms. The zero-order chi connectivity index (χ0) is 13.5. The highest BCUT2D eigenvalue weighted by atomic mass is 32.2. The van der Waals surface area contributed by atoms with Crippen LogP contribution in [0, 0.1) is 0 Å². The number of likely N-dealkylation sites (N-methyl/N-ethyl adjacent to an activating group) is 1. The van der Waals surface area contributed by atoms with E-state index >= 15 is 0 Å². The molecule has 2 fully saturated rings. The molecule has 18 heavy (non-hydrogen) atoms. The summed E-state index contributed by atoms with van der Waals surface area (Å²) in [5, 5.41) is -0.349. The number of likely N-dealkylation sites (tertiary alicyclic amines) is 1. The van der Waals surface area contributed by atoms with Crippen molar-refractivity contribution in [1.29, 1.82) is 0 Å². The average Bonchev–Trinajstić information content (AvgIpc) is 3.12. The second-order valence-corrected chi connectivity index (χ2v) is 7.03. The first-order valence-corrected chi connectivity index (χ1v) is 7.71. The number of carbonyl (C=O) groups excluding carboxylic acids is 2. The Hall–Kier alpha value is -0.950. The summed E-state index contributed by atoms with van der Waals surface area (Å²) in [6.45, 7) is 2.16. The highest BCUT2D eigenvalue weighted by Gasteiger charge is 2.48. The van der Waals surface area contributed by atoms with Gasteiger partial charge in [0.2, 0.25) is 21.8 Å². The number of imide groups is 1. The molecule has 1 saturated heterocycles. The second kappa shape index (κ2) is 4.62. The quantitative estimate of drug-likeness (QED) is 0.659. The lowest BCUT2D eigenvalue weighted by atomic mass is 10.2. The molecule has 0 spiro atoms. The van der Waals surface area contributed by atoms with Crippen LogP contribution in [0.1, 0.15) is 32.6 Å². The highest BCUT2D eigenvalue weighted by molar-refractivity contribution is 7.90. The van der Waals surface area contributed by atoms with E-state index in [9.17, 15) is 18.0 Å². The molecule has 1 aliphatic heterocycles. The Balaban J connectivity index is 2.26. The van der Waals surface area contributed by atoms with Crippen LogP contribution in [0.4, 0.5) is 0 Å². The molecule has 0 aromatic heterocycles. The molecule has 1 atom stereocenters. The molecule has 0 aromatic rings. The summed E-state index contributed by atoms with van der Waals surface area (Å²) < 4.78 is 25.8. The third-order valence-electron chi connectivity index (χ3n) is 3.42. The molecule has 1 saturated carbocycles. The number of hydrogen-bond donors (Lipinski definition) is 0. The number of hydrogen-bond acceptors (Lipinski definition) is 4. The second-order valence-electron chi connectivity index (χ2n) is 4.87. The van der Waals surface area contributed by atoms with E-state index in [1.807, 2.05) is 6.92 Å². The van der Waals surface area contributed by atoms with Crippen molar-refractivity contribution in [3.63, 3.8) is 0 Å². The number of nitrogens with zero attached hydrogens (tertiary/aromatic N) is 2. The fraction of sp³-hybridized carbons (Fsp3) is 0.818. The molecule has 1 aliphatic carbocycles. The van der Waals surface area contributed by atoms with Crippen LogP contribution in [0.2, 0.25) is 0 Å². The fourth-order valence-corrected chi connectivity index (χ4v) is 4.27. The van der Waals surface area contributed by atoms with Gasteiger partial charge in [0, 0.05) is 13.6 Å². The molecule has 2 rings (SSSR count). The van der Waals surface area contributed by atoms with Gasteiger partial charge in [-0.2, -0.15) is 4.31 Å². The number of rotatable bonds is 5. The topological polar surface area (TPSA) is 74.8 Å². The van der Waals surface area contributed by atoms with E-state index in [2.05, 4.69) is 0 Å². The van der Waals surface area contributed by atoms with Gasteiger partial charge in [0.25, 0.3) is 0 Å². The van der Waals surface area contributed by atoms with Gasteiger partial charge < -0.3 is 0 Å². The minimum atomic E-state index is -3.42. The minimum Gasteiger partial charge on any atom is -0.284 e. The van der Waals surface area contributed by atoms with Crippen molar-refractivity contribution in [3.8, 4) is 0 Å². The van der Waals surface area contributed by atoms with Gasteiger partial charge >= 0.3 is 0 Å². The van der Waals surface area contributed by atoms with Gasteiger partial charge in [0.05, 0.1) is 11.7 Å². The largest absolute Gasteiger partial charge is 0.284 e. The number of carbonyl (C=O) groups is 2. The Morgan fingerprint density at radius 2 is 1.94 bits per heavy atom. The lowest BCUT2D eigenvalue weighted by Gasteiger charge is -2.25. The van der Waals surface area contributed by atoms with Crippen molar-refractivity contribution < 1.29 is 18.0 Å². The average molecular weight is 274 g/mol. The van der Waals surface area contributed by atoms with E-state index in [1.54, 1.807) is 0 Å². The first kappa shape index (κ1) is 13.5. The lowest BCUT2D eigenvalue weighted by molar-refractivity contribution is -0.137. The SMILES string of the molecule is CCCN(C1CC(=O)N(C)C1=O)S(=O)(=O)C1CC1. The Labute approximate surface area is 107 Å². The fourth-order valence-electron chi connectivity index (χ4n) is 2.20. The molecule has 2 aliphatic rings. The zero-order valence-corrected chi connectivity index (χ0v) is 11.4. The lowest BCUT2D eigenvalue weighted by Crippen LogP contribution is -2.46. The molecule has 102 valence electrons. The van der Waals surface area contributed by atoms with Crippen LogP contribution >= 0.6 is 0 Å². The molecule has 1 unspecified atom stereocenters. The first-order chi connectivity index (χ1) is 8.39. The monoisotopic (exact) mass is 274 g/mol. The van der Waals surface area contributed by atoms with Gasteiger partial charge in [-0.3, -0.25) is 14.5 Å². The van der Waals surface area contributed by atoms with Crippen molar-refractivity contribution in [2.24, 2.45) is 0 Å². The summed E-state index contributed by atoms with van der Waals surface area (Å²) in [5.41, 5.74) is 0. The van der Waals surface area contributed by atoms with E-state index in [0.29, 0.717) is 25.8 Å². The van der Waals surface area contributed by atoms with E-state index in [-0.39, 0.29) is 17.6 Å². The van der Waals surface area contributed by atoms with Crippen molar-refractivity contribution in [2.45, 2.75) is 43.9 Å². The Bertz CT molecular complexity index is 469. The van der Waals surface area contributed by atoms with Gasteiger partial charge in [-0.05, 0) is 19.3 Å². The summed E-state index contributed by atoms with van der Waals surface area (Å²) in [6, 6.07) is -0.826. The number of sulfonamides is 1. The van der Waals surface area contributed by atoms with Crippen LogP contribution in [0.25, 0.3) is 0 Å². The van der Waals surface area contributed by atoms with Gasteiger partial charge in [-0.15, -0.1) is 0 Å². The van der Waals surface area contributed by atoms with Crippen LogP contribution < -0.4 is 0 Å². The summed E-state index contributed by atoms with van der Waals surface area (Å²) in [5.74, 6) is -0.713. The predicted molar refractivity (Wildman–Crippen MR) is 65.1 cm³/mol. The molecule has 1 heterocycles. The van der Waals surface area contributed by atoms with Crippen LogP contribution in [0.3, 0.4) is 0 Å². The third kappa shape index (κ3) is 2.16. The summed E-state index contributed by atoms with van der Waals surface area (Å²) >= 11 is 0. The Kier molecular flexibility index (Phi) is 3.46. The predicted octanol–water partition coefficient (Wildman–Crippen LogP) is -0.0521. The number of amides is 2. The first-order valence-electron chi connectivity index (χ1n) is 6.20. The third-order valence-corrected chi connectivity index (χ3v) is 5.83. The summed E-state index contributed by atoms with van der Waals surface area (Å²) in [6.07, 6.45) is 1.93. The van der Waals surface area contributed by atoms with E-state index in [1.165, 1.54) is 11.4 Å². The van der Waals surface area contributed by atoms with Gasteiger partial charge in [0.15, 0.2) is 0 Å². The maximum atomic E-state index is 12.3. The maximum Gasteiger partial charge on any atom is 0.247 e. The van der Waals surface area contributed by atoms with E-state index < -0.39 is 22.0 Å². The van der Waals surface area contributed by atoms with Crippen LogP contribution in [-0.2, 0) is 19.6 Å². The van der Waals surface area contributed by atoms with Gasteiger partial charge in [0.1, 0.15) is 6.04 Å². The Morgan fingerprint density at radius 1 is 1.33 bits per heavy atom. The molecule has 6 nitrogen and oxygen atoms in total. The minimum absolute atomic E-state index is 0.0265. The maximum absolute atomic E-state index is 12.3. The molecule has 0 N–H and O–H groups in total. The molecule has 0 aromatic carbocycles. The molecular formula is C11H18N2O4S. The molecular weight excluding hydrogens is 256 g/mol. The molecule has 2 amide bonds. The normalized spacial score (nSPS) is 25.3. The van der Waals surface area contributed by atoms with Gasteiger partial charge in [-0.25, -0.2) is 8.42 Å². The van der Waals surface area contributed by atoms with Crippen LogP contribution in [0.15, 0.2) is 0 Å². The van der Waals surface area contributed by atoms with E-state index in [4.69, 9.17) is 0 Å². The summed E-state index contributed by atoms with van der Waals surface area (Å²) in [7, 11) is -2.02. The van der Waals surface area contributed by atoms with Crippen molar-refractivity contribution in [3.05, 3.63) is 0 Å². The smallest absolute Gasteiger partial charge is 0.247 e. The van der Waals surface area contributed by atoms with Crippen LogP contribution in [-0.4, -0.2) is 54.3 Å². The molecule has 0 bridgehead atoms. The van der Waals surface area contributed by atoms with Crippen molar-refractivity contribution in [2.75, 3.05) is 13.6 Å². The highest BCUT2D eigenvalue weighted by Crippen LogP contribution is 2.33. The van der Waals surface area contributed by atoms with Crippen molar-refractivity contribution in [1.82, 2.24) is 9.21 Å². The standard InChI is InChI=1S/C11H18N2O4S/c1-3-6-13(18(16,17)8-4-5-8)9-7-10(14)12(2)11(9)15/h8-9H,3-7H2,1-2H3. The van der Waals surface area contributed by atoms with Crippen molar-refractivity contribution >= 4 is 21.8 Å². The summed E-state index contributed by atoms with van der Waals surface area (Å²) in [4.78, 5) is 24.4. The van der Waals surface area contributed by atoms with E-state index in [0.717, 1.165) is 4.90 Å². The Morgan fingerprint density at radius 3 is 2.33 bits per heavy atom. The van der Waals surface area contributed by atoms with Gasteiger partial charge in [-0.1, -0.05) is 6.92 Å². The molecule has 0 radical (unpaired) electrons. The zero-order valence-electron chi connectivity index (χ0n) is 10.6. The van der Waals surface area contributed by atoms with Crippen LogP contribution in [0.5, 0.6) is 0 Å².